The van der Waals surface area contributed by atoms with E-state index in [9.17, 15) is 22.8 Å². The van der Waals surface area contributed by atoms with E-state index < -0.39 is 24.7 Å². The number of rotatable bonds is 8. The van der Waals surface area contributed by atoms with Crippen molar-refractivity contribution >= 4 is 11.7 Å². The van der Waals surface area contributed by atoms with Crippen LogP contribution in [0.15, 0.2) is 24.3 Å². The van der Waals surface area contributed by atoms with Gasteiger partial charge in [-0.05, 0) is 37.6 Å². The van der Waals surface area contributed by atoms with Crippen molar-refractivity contribution in [3.63, 3.8) is 0 Å². The number of carbonyl (C=O) groups is 2. The highest BCUT2D eigenvalue weighted by Gasteiger charge is 2.28. The number of ketones is 1. The minimum atomic E-state index is -4.49. The highest BCUT2D eigenvalue weighted by molar-refractivity contribution is 5.92. The van der Waals surface area contributed by atoms with E-state index in [-0.39, 0.29) is 29.7 Å². The number of nitrogens with one attached hydrogen (secondary N) is 1. The van der Waals surface area contributed by atoms with Gasteiger partial charge in [0.2, 0.25) is 5.88 Å². The van der Waals surface area contributed by atoms with Crippen LogP contribution in [0.4, 0.5) is 13.2 Å². The number of hydrogen-bond acceptors (Lipinski definition) is 6. The normalized spacial score (nSPS) is 12.5. The number of aromatic nitrogens is 3. The number of Topliss-reactive ketones (excluding diaryl/α,β-unsaturated/α-hetero) is 1. The fourth-order valence-electron chi connectivity index (χ4n) is 2.52. The van der Waals surface area contributed by atoms with Gasteiger partial charge < -0.3 is 10.1 Å². The van der Waals surface area contributed by atoms with Crippen LogP contribution in [0.3, 0.4) is 0 Å². The van der Waals surface area contributed by atoms with Crippen LogP contribution in [0.25, 0.3) is 0 Å². The largest absolute Gasteiger partial charge is 0.467 e. The maximum atomic E-state index is 12.4. The van der Waals surface area contributed by atoms with E-state index in [4.69, 9.17) is 0 Å². The lowest BCUT2D eigenvalue weighted by atomic mass is 10.0. The van der Waals surface area contributed by atoms with Crippen LogP contribution in [0.1, 0.15) is 54.3 Å². The zero-order valence-corrected chi connectivity index (χ0v) is 17.1. The van der Waals surface area contributed by atoms with Crippen LogP contribution in [-0.2, 0) is 11.2 Å². The number of amides is 1. The number of aryl methyl sites for hydroxylation is 1. The molecule has 2 rings (SSSR count). The molecule has 0 radical (unpaired) electrons. The molecular weight excluding hydrogens is 401 g/mol. The van der Waals surface area contributed by atoms with Gasteiger partial charge in [0.15, 0.2) is 12.3 Å². The molecule has 0 fully saturated rings. The number of halogens is 3. The molecule has 1 atom stereocenters. The molecule has 2 heterocycles. The Labute approximate surface area is 172 Å². The smallest absolute Gasteiger partial charge is 0.422 e. The molecule has 10 heteroatoms. The van der Waals surface area contributed by atoms with Crippen molar-refractivity contribution < 1.29 is 27.5 Å². The third-order valence-electron chi connectivity index (χ3n) is 4.13. The van der Waals surface area contributed by atoms with E-state index in [1.165, 1.54) is 6.07 Å². The van der Waals surface area contributed by atoms with Crippen LogP contribution < -0.4 is 10.1 Å². The van der Waals surface area contributed by atoms with Gasteiger partial charge in [-0.15, -0.1) is 10.2 Å². The van der Waals surface area contributed by atoms with Gasteiger partial charge in [0.25, 0.3) is 5.91 Å². The van der Waals surface area contributed by atoms with Gasteiger partial charge in [-0.1, -0.05) is 13.8 Å². The highest BCUT2D eigenvalue weighted by atomic mass is 19.4. The van der Waals surface area contributed by atoms with Crippen LogP contribution in [0, 0.1) is 12.8 Å². The third-order valence-corrected chi connectivity index (χ3v) is 4.13. The molecule has 1 amide bonds. The summed E-state index contributed by atoms with van der Waals surface area (Å²) >= 11 is 0. The molecule has 1 unspecified atom stereocenters. The molecule has 1 N–H and O–H groups in total. The summed E-state index contributed by atoms with van der Waals surface area (Å²) in [6, 6.07) is 5.51. The standard InChI is InChI=1S/C20H23F3N4O3/c1-11(2)17(28)9-15-8-14(7-12(3)24-15)13(4)25-19(29)16-5-6-18(27-26-16)30-10-20(21,22)23/h5-8,11,13H,9-10H2,1-4H3,(H,25,29). The molecular formula is C20H23F3N4O3. The summed E-state index contributed by atoms with van der Waals surface area (Å²) in [5.41, 5.74) is 2.03. The number of alkyl halides is 3. The maximum Gasteiger partial charge on any atom is 0.422 e. The fourth-order valence-corrected chi connectivity index (χ4v) is 2.52. The summed E-state index contributed by atoms with van der Waals surface area (Å²) < 4.78 is 40.9. The molecule has 2 aromatic heterocycles. The SMILES string of the molecule is Cc1cc(C(C)NC(=O)c2ccc(OCC(F)(F)F)nn2)cc(CC(=O)C(C)C)n1. The number of pyridine rings is 1. The Morgan fingerprint density at radius 3 is 2.40 bits per heavy atom. The summed E-state index contributed by atoms with van der Waals surface area (Å²) in [6.45, 7) is 5.71. The number of ether oxygens (including phenoxy) is 1. The molecule has 0 saturated carbocycles. The topological polar surface area (TPSA) is 94.1 Å². The van der Waals surface area contributed by atoms with E-state index >= 15 is 0 Å². The van der Waals surface area contributed by atoms with Gasteiger partial charge in [0.05, 0.1) is 6.04 Å². The van der Waals surface area contributed by atoms with Crippen molar-refractivity contribution in [2.45, 2.75) is 46.3 Å². The van der Waals surface area contributed by atoms with E-state index in [1.807, 2.05) is 13.8 Å². The second-order valence-electron chi connectivity index (χ2n) is 7.19. The van der Waals surface area contributed by atoms with Crippen molar-refractivity contribution in [3.05, 3.63) is 46.9 Å². The third kappa shape index (κ3) is 7.09. The number of nitrogens with zero attached hydrogens (tertiary/aromatic N) is 3. The minimum Gasteiger partial charge on any atom is -0.467 e. The summed E-state index contributed by atoms with van der Waals surface area (Å²) in [6.07, 6.45) is -4.29. The molecule has 0 aliphatic carbocycles. The molecule has 0 aliphatic heterocycles. The van der Waals surface area contributed by atoms with Crippen molar-refractivity contribution in [1.29, 1.82) is 0 Å². The monoisotopic (exact) mass is 424 g/mol. The molecule has 2 aromatic rings. The number of carbonyl (C=O) groups excluding carboxylic acids is 2. The minimum absolute atomic E-state index is 0.0674. The first kappa shape index (κ1) is 23.2. The molecule has 0 aliphatic rings. The Kier molecular flexibility index (Phi) is 7.47. The molecule has 0 bridgehead atoms. The average molecular weight is 424 g/mol. The highest BCUT2D eigenvalue weighted by Crippen LogP contribution is 2.18. The predicted octanol–water partition coefficient (Wildman–Crippen LogP) is 3.38. The molecule has 0 saturated heterocycles. The van der Waals surface area contributed by atoms with Crippen LogP contribution in [0.2, 0.25) is 0 Å². The number of hydrogen-bond donors (Lipinski definition) is 1. The lowest BCUT2D eigenvalue weighted by molar-refractivity contribution is -0.154. The van der Waals surface area contributed by atoms with Crippen LogP contribution >= 0.6 is 0 Å². The van der Waals surface area contributed by atoms with Crippen molar-refractivity contribution in [2.75, 3.05) is 6.61 Å². The summed E-state index contributed by atoms with van der Waals surface area (Å²) in [5.74, 6) is -0.916. The fraction of sp³-hybridized carbons (Fsp3) is 0.450. The molecule has 162 valence electrons. The predicted molar refractivity (Wildman–Crippen MR) is 102 cm³/mol. The molecule has 30 heavy (non-hydrogen) atoms. The first-order chi connectivity index (χ1) is 13.9. The van der Waals surface area contributed by atoms with E-state index in [1.54, 1.807) is 26.0 Å². The zero-order chi connectivity index (χ0) is 22.5. The Morgan fingerprint density at radius 1 is 1.13 bits per heavy atom. The van der Waals surface area contributed by atoms with Gasteiger partial charge in [0, 0.05) is 29.8 Å². The first-order valence-electron chi connectivity index (χ1n) is 9.29. The maximum absolute atomic E-state index is 12.4. The van der Waals surface area contributed by atoms with E-state index in [0.29, 0.717) is 11.4 Å². The second-order valence-corrected chi connectivity index (χ2v) is 7.19. The Morgan fingerprint density at radius 2 is 1.83 bits per heavy atom. The zero-order valence-electron chi connectivity index (χ0n) is 17.1. The van der Waals surface area contributed by atoms with Gasteiger partial charge in [-0.25, -0.2) is 0 Å². The Balaban J connectivity index is 2.04. The Hall–Kier alpha value is -3.04. The van der Waals surface area contributed by atoms with Crippen LogP contribution in [0.5, 0.6) is 5.88 Å². The van der Waals surface area contributed by atoms with Crippen LogP contribution in [-0.4, -0.2) is 39.7 Å². The quantitative estimate of drug-likeness (QED) is 0.698. The average Bonchev–Trinajstić information content (AvgIpc) is 2.65. The van der Waals surface area contributed by atoms with Crippen molar-refractivity contribution in [1.82, 2.24) is 20.5 Å². The van der Waals surface area contributed by atoms with Crippen molar-refractivity contribution in [2.24, 2.45) is 5.92 Å². The summed E-state index contributed by atoms with van der Waals surface area (Å²) in [4.78, 5) is 28.8. The van der Waals surface area contributed by atoms with Gasteiger partial charge >= 0.3 is 6.18 Å². The van der Waals surface area contributed by atoms with Gasteiger partial charge in [0.1, 0.15) is 5.78 Å². The van der Waals surface area contributed by atoms with E-state index in [2.05, 4.69) is 25.2 Å². The van der Waals surface area contributed by atoms with Gasteiger partial charge in [-0.2, -0.15) is 13.2 Å². The van der Waals surface area contributed by atoms with Gasteiger partial charge in [-0.3, -0.25) is 14.6 Å². The summed E-state index contributed by atoms with van der Waals surface area (Å²) in [5, 5.41) is 9.83. The van der Waals surface area contributed by atoms with E-state index in [0.717, 1.165) is 11.6 Å². The summed E-state index contributed by atoms with van der Waals surface area (Å²) in [7, 11) is 0. The lowest BCUT2D eigenvalue weighted by Crippen LogP contribution is -2.28. The lowest BCUT2D eigenvalue weighted by Gasteiger charge is -2.16. The molecule has 0 spiro atoms. The Bertz CT molecular complexity index is 899. The molecule has 0 aromatic carbocycles. The second kappa shape index (κ2) is 9.64. The van der Waals surface area contributed by atoms with Crippen molar-refractivity contribution in [3.8, 4) is 5.88 Å². The first-order valence-corrected chi connectivity index (χ1v) is 9.29. The molecule has 7 nitrogen and oxygen atoms in total.